The summed E-state index contributed by atoms with van der Waals surface area (Å²) in [5.74, 6) is 0. The van der Waals surface area contributed by atoms with Gasteiger partial charge in [-0.1, -0.05) is 68.4 Å². The Hall–Kier alpha value is -1.56. The van der Waals surface area contributed by atoms with E-state index in [2.05, 4.69) is 75.4 Å². The molecule has 94 valence electrons. The summed E-state index contributed by atoms with van der Waals surface area (Å²) in [5, 5.41) is 0. The number of hydrogen-bond donors (Lipinski definition) is 0. The van der Waals surface area contributed by atoms with Gasteiger partial charge in [-0.05, 0) is 36.5 Å². The Labute approximate surface area is 111 Å². The predicted octanol–water partition coefficient (Wildman–Crippen LogP) is 5.10. The van der Waals surface area contributed by atoms with Crippen LogP contribution in [-0.2, 0) is 5.41 Å². The van der Waals surface area contributed by atoms with Crippen LogP contribution in [0.25, 0.3) is 0 Å². The highest BCUT2D eigenvalue weighted by atomic mass is 14.3. The Kier molecular flexibility index (Phi) is 3.86. The lowest BCUT2D eigenvalue weighted by Gasteiger charge is -2.34. The average molecular weight is 238 g/mol. The lowest BCUT2D eigenvalue weighted by Crippen LogP contribution is -2.27. The van der Waals surface area contributed by atoms with Crippen molar-refractivity contribution in [2.24, 2.45) is 0 Å². The van der Waals surface area contributed by atoms with Crippen LogP contribution >= 0.6 is 0 Å². The first-order chi connectivity index (χ1) is 8.74. The van der Waals surface area contributed by atoms with Gasteiger partial charge in [0.15, 0.2) is 0 Å². The second kappa shape index (κ2) is 5.39. The highest BCUT2D eigenvalue weighted by molar-refractivity contribution is 5.43. The summed E-state index contributed by atoms with van der Waals surface area (Å²) in [6.07, 6.45) is 2.27. The third-order valence-electron chi connectivity index (χ3n) is 4.19. The van der Waals surface area contributed by atoms with Crippen LogP contribution in [0.15, 0.2) is 54.6 Å². The molecular formula is C18H22. The van der Waals surface area contributed by atoms with Crippen molar-refractivity contribution in [1.82, 2.24) is 0 Å². The molecule has 0 aliphatic carbocycles. The Morgan fingerprint density at radius 1 is 0.778 bits per heavy atom. The summed E-state index contributed by atoms with van der Waals surface area (Å²) >= 11 is 0. The highest BCUT2D eigenvalue weighted by Crippen LogP contribution is 2.39. The van der Waals surface area contributed by atoms with Crippen LogP contribution in [0.5, 0.6) is 0 Å². The van der Waals surface area contributed by atoms with E-state index in [1.54, 1.807) is 0 Å². The minimum absolute atomic E-state index is 0.159. The molecular weight excluding hydrogens is 216 g/mol. The summed E-state index contributed by atoms with van der Waals surface area (Å²) in [6, 6.07) is 19.7. The van der Waals surface area contributed by atoms with Gasteiger partial charge in [-0.15, -0.1) is 0 Å². The molecule has 2 aromatic rings. The molecule has 0 bridgehead atoms. The van der Waals surface area contributed by atoms with Crippen molar-refractivity contribution in [2.75, 3.05) is 0 Å². The van der Waals surface area contributed by atoms with Gasteiger partial charge in [-0.3, -0.25) is 0 Å². The molecule has 0 heterocycles. The smallest absolute Gasteiger partial charge is 0.0200 e. The fraction of sp³-hybridized carbons (Fsp3) is 0.333. The molecule has 0 saturated carbocycles. The van der Waals surface area contributed by atoms with Gasteiger partial charge in [-0.25, -0.2) is 0 Å². The van der Waals surface area contributed by atoms with Crippen LogP contribution in [0, 0.1) is 6.92 Å². The van der Waals surface area contributed by atoms with Crippen molar-refractivity contribution < 1.29 is 0 Å². The number of rotatable bonds is 4. The number of benzene rings is 2. The summed E-state index contributed by atoms with van der Waals surface area (Å²) in [4.78, 5) is 0. The lowest BCUT2D eigenvalue weighted by molar-refractivity contribution is 0.476. The van der Waals surface area contributed by atoms with Gasteiger partial charge >= 0.3 is 0 Å². The van der Waals surface area contributed by atoms with Crippen LogP contribution < -0.4 is 0 Å². The average Bonchev–Trinajstić information content (AvgIpc) is 2.44. The van der Waals surface area contributed by atoms with E-state index >= 15 is 0 Å². The third-order valence-corrected chi connectivity index (χ3v) is 4.19. The third kappa shape index (κ3) is 2.08. The standard InChI is InChI=1S/C18H22/c1-4-18(5-2,16-12-7-6-8-13-16)17-14-10-9-11-15(17)3/h6-14H,4-5H2,1-3H3. The Morgan fingerprint density at radius 3 is 1.89 bits per heavy atom. The van der Waals surface area contributed by atoms with Crippen molar-refractivity contribution in [1.29, 1.82) is 0 Å². The quantitative estimate of drug-likeness (QED) is 0.695. The van der Waals surface area contributed by atoms with Gasteiger partial charge in [0.1, 0.15) is 0 Å². The van der Waals surface area contributed by atoms with E-state index in [1.807, 2.05) is 0 Å². The highest BCUT2D eigenvalue weighted by Gasteiger charge is 2.31. The van der Waals surface area contributed by atoms with Crippen molar-refractivity contribution in [3.05, 3.63) is 71.3 Å². The van der Waals surface area contributed by atoms with Gasteiger partial charge < -0.3 is 0 Å². The first-order valence-electron chi connectivity index (χ1n) is 6.86. The van der Waals surface area contributed by atoms with Crippen LogP contribution in [-0.4, -0.2) is 0 Å². The zero-order valence-corrected chi connectivity index (χ0v) is 11.6. The van der Waals surface area contributed by atoms with E-state index in [1.165, 1.54) is 16.7 Å². The van der Waals surface area contributed by atoms with Crippen LogP contribution in [0.1, 0.15) is 43.4 Å². The minimum atomic E-state index is 0.159. The van der Waals surface area contributed by atoms with Crippen molar-refractivity contribution in [3.63, 3.8) is 0 Å². The molecule has 2 aromatic carbocycles. The van der Waals surface area contributed by atoms with Crippen molar-refractivity contribution in [2.45, 2.75) is 39.0 Å². The van der Waals surface area contributed by atoms with E-state index in [4.69, 9.17) is 0 Å². The zero-order chi connectivity index (χ0) is 13.0. The molecule has 0 nitrogen and oxygen atoms in total. The second-order valence-electron chi connectivity index (χ2n) is 4.97. The minimum Gasteiger partial charge on any atom is -0.0642 e. The molecule has 0 N–H and O–H groups in total. The maximum atomic E-state index is 2.29. The normalized spacial score (nSPS) is 11.5. The Balaban J connectivity index is 2.62. The molecule has 0 atom stereocenters. The van der Waals surface area contributed by atoms with E-state index in [9.17, 15) is 0 Å². The maximum Gasteiger partial charge on any atom is 0.0200 e. The molecule has 0 aliphatic heterocycles. The molecule has 18 heavy (non-hydrogen) atoms. The predicted molar refractivity (Wildman–Crippen MR) is 79.0 cm³/mol. The summed E-state index contributed by atoms with van der Waals surface area (Å²) in [7, 11) is 0. The van der Waals surface area contributed by atoms with Gasteiger partial charge in [0, 0.05) is 5.41 Å². The molecule has 2 rings (SSSR count). The summed E-state index contributed by atoms with van der Waals surface area (Å²) in [6.45, 7) is 6.81. The molecule has 0 amide bonds. The van der Waals surface area contributed by atoms with E-state index in [0.29, 0.717) is 0 Å². The topological polar surface area (TPSA) is 0 Å². The maximum absolute atomic E-state index is 2.29. The number of hydrogen-bond acceptors (Lipinski definition) is 0. The SMILES string of the molecule is CCC(CC)(c1ccccc1)c1ccccc1C. The lowest BCUT2D eigenvalue weighted by atomic mass is 9.69. The van der Waals surface area contributed by atoms with Gasteiger partial charge in [0.2, 0.25) is 0 Å². The Bertz CT molecular complexity index is 492. The summed E-state index contributed by atoms with van der Waals surface area (Å²) < 4.78 is 0. The molecule has 0 saturated heterocycles. The molecule has 0 aromatic heterocycles. The van der Waals surface area contributed by atoms with Crippen molar-refractivity contribution >= 4 is 0 Å². The van der Waals surface area contributed by atoms with Gasteiger partial charge in [0.05, 0.1) is 0 Å². The first kappa shape index (κ1) is 12.9. The molecule has 0 aliphatic rings. The first-order valence-corrected chi connectivity index (χ1v) is 6.86. The van der Waals surface area contributed by atoms with Crippen LogP contribution in [0.3, 0.4) is 0 Å². The molecule has 0 spiro atoms. The van der Waals surface area contributed by atoms with Gasteiger partial charge in [0.25, 0.3) is 0 Å². The molecule has 0 radical (unpaired) electrons. The van der Waals surface area contributed by atoms with E-state index < -0.39 is 0 Å². The fourth-order valence-electron chi connectivity index (χ4n) is 3.06. The zero-order valence-electron chi connectivity index (χ0n) is 11.6. The van der Waals surface area contributed by atoms with E-state index in [0.717, 1.165) is 12.8 Å². The van der Waals surface area contributed by atoms with Crippen LogP contribution in [0.2, 0.25) is 0 Å². The van der Waals surface area contributed by atoms with Crippen LogP contribution in [0.4, 0.5) is 0 Å². The fourth-order valence-corrected chi connectivity index (χ4v) is 3.06. The van der Waals surface area contributed by atoms with E-state index in [-0.39, 0.29) is 5.41 Å². The summed E-state index contributed by atoms with van der Waals surface area (Å²) in [5.41, 5.74) is 4.46. The molecule has 0 heteroatoms. The molecule has 0 fully saturated rings. The second-order valence-corrected chi connectivity index (χ2v) is 4.97. The monoisotopic (exact) mass is 238 g/mol. The van der Waals surface area contributed by atoms with Gasteiger partial charge in [-0.2, -0.15) is 0 Å². The largest absolute Gasteiger partial charge is 0.0642 e. The molecule has 0 unspecified atom stereocenters. The van der Waals surface area contributed by atoms with Crippen molar-refractivity contribution in [3.8, 4) is 0 Å². The Morgan fingerprint density at radius 2 is 1.33 bits per heavy atom. The number of aryl methyl sites for hydroxylation is 1.